The van der Waals surface area contributed by atoms with Crippen LogP contribution in [0, 0.1) is 0 Å². The lowest BCUT2D eigenvalue weighted by atomic mass is 9.97. The van der Waals surface area contributed by atoms with E-state index in [-0.39, 0.29) is 5.54 Å². The van der Waals surface area contributed by atoms with E-state index in [0.29, 0.717) is 0 Å². The summed E-state index contributed by atoms with van der Waals surface area (Å²) >= 11 is 0. The first-order chi connectivity index (χ1) is 6.73. The fraction of sp³-hybridized carbons (Fsp3) is 0.545. The molecule has 1 atom stereocenters. The van der Waals surface area contributed by atoms with Gasteiger partial charge in [-0.2, -0.15) is 0 Å². The topological polar surface area (TPSA) is 42.1 Å². The van der Waals surface area contributed by atoms with E-state index < -0.39 is 0 Å². The molecule has 76 valence electrons. The van der Waals surface area contributed by atoms with Crippen molar-refractivity contribution in [2.24, 2.45) is 5.73 Å². The van der Waals surface area contributed by atoms with E-state index in [1.807, 2.05) is 24.5 Å². The number of nitrogens with two attached hydrogens (primary N) is 1. The minimum Gasteiger partial charge on any atom is -0.370 e. The van der Waals surface area contributed by atoms with Crippen LogP contribution in [0.5, 0.6) is 0 Å². The lowest BCUT2D eigenvalue weighted by molar-refractivity contribution is 0.456. The SMILES string of the molecule is CC[C@@]1(N)CCN(c2ccncc2)C1. The molecule has 0 aliphatic carbocycles. The van der Waals surface area contributed by atoms with Crippen molar-refractivity contribution in [1.82, 2.24) is 4.98 Å². The molecule has 3 heteroatoms. The molecule has 2 rings (SSSR count). The maximum absolute atomic E-state index is 6.23. The number of rotatable bonds is 2. The third-order valence-electron chi connectivity index (χ3n) is 3.12. The van der Waals surface area contributed by atoms with Gasteiger partial charge in [0.1, 0.15) is 0 Å². The van der Waals surface area contributed by atoms with Gasteiger partial charge < -0.3 is 10.6 Å². The van der Waals surface area contributed by atoms with Gasteiger partial charge >= 0.3 is 0 Å². The van der Waals surface area contributed by atoms with Crippen molar-refractivity contribution in [3.63, 3.8) is 0 Å². The molecule has 0 amide bonds. The van der Waals surface area contributed by atoms with Gasteiger partial charge in [-0.25, -0.2) is 0 Å². The second-order valence-electron chi connectivity index (χ2n) is 4.09. The Balaban J connectivity index is 2.10. The van der Waals surface area contributed by atoms with E-state index in [4.69, 9.17) is 5.73 Å². The van der Waals surface area contributed by atoms with Gasteiger partial charge in [-0.1, -0.05) is 6.92 Å². The van der Waals surface area contributed by atoms with E-state index in [0.717, 1.165) is 25.9 Å². The van der Waals surface area contributed by atoms with E-state index in [1.54, 1.807) is 0 Å². The second-order valence-corrected chi connectivity index (χ2v) is 4.09. The molecule has 0 radical (unpaired) electrons. The van der Waals surface area contributed by atoms with Gasteiger partial charge in [-0.15, -0.1) is 0 Å². The van der Waals surface area contributed by atoms with Crippen molar-refractivity contribution >= 4 is 5.69 Å². The lowest BCUT2D eigenvalue weighted by Gasteiger charge is -2.23. The lowest BCUT2D eigenvalue weighted by Crippen LogP contribution is -2.41. The molecule has 0 unspecified atom stereocenters. The molecular weight excluding hydrogens is 174 g/mol. The Morgan fingerprint density at radius 3 is 2.79 bits per heavy atom. The molecule has 2 heterocycles. The Morgan fingerprint density at radius 1 is 1.50 bits per heavy atom. The Hall–Kier alpha value is -1.09. The summed E-state index contributed by atoms with van der Waals surface area (Å²) in [7, 11) is 0. The quantitative estimate of drug-likeness (QED) is 0.768. The predicted molar refractivity (Wildman–Crippen MR) is 58.3 cm³/mol. The molecule has 1 aromatic rings. The van der Waals surface area contributed by atoms with Gasteiger partial charge in [0, 0.05) is 36.7 Å². The summed E-state index contributed by atoms with van der Waals surface area (Å²) < 4.78 is 0. The highest BCUT2D eigenvalue weighted by atomic mass is 15.2. The summed E-state index contributed by atoms with van der Waals surface area (Å²) in [5.41, 5.74) is 7.48. The average molecular weight is 191 g/mol. The normalized spacial score (nSPS) is 26.9. The molecule has 1 aliphatic rings. The molecule has 0 saturated carbocycles. The number of nitrogens with zero attached hydrogens (tertiary/aromatic N) is 2. The summed E-state index contributed by atoms with van der Waals surface area (Å²) in [5, 5.41) is 0. The standard InChI is InChI=1S/C11H17N3/c1-2-11(12)5-8-14(9-11)10-3-6-13-7-4-10/h3-4,6-7H,2,5,8-9,12H2,1H3/t11-/m1/s1. The molecule has 14 heavy (non-hydrogen) atoms. The number of hydrogen-bond donors (Lipinski definition) is 1. The van der Waals surface area contributed by atoms with Crippen molar-refractivity contribution in [3.8, 4) is 0 Å². The summed E-state index contributed by atoms with van der Waals surface area (Å²) in [5.74, 6) is 0. The summed E-state index contributed by atoms with van der Waals surface area (Å²) in [6.07, 6.45) is 5.80. The van der Waals surface area contributed by atoms with Gasteiger partial charge in [-0.3, -0.25) is 4.98 Å². The zero-order valence-electron chi connectivity index (χ0n) is 8.61. The highest BCUT2D eigenvalue weighted by Gasteiger charge is 2.32. The van der Waals surface area contributed by atoms with Crippen molar-refractivity contribution < 1.29 is 0 Å². The molecular formula is C11H17N3. The van der Waals surface area contributed by atoms with E-state index in [1.165, 1.54) is 5.69 Å². The van der Waals surface area contributed by atoms with E-state index in [9.17, 15) is 0 Å². The molecule has 3 nitrogen and oxygen atoms in total. The van der Waals surface area contributed by atoms with Crippen LogP contribution < -0.4 is 10.6 Å². The molecule has 0 aromatic carbocycles. The molecule has 0 bridgehead atoms. The fourth-order valence-corrected chi connectivity index (χ4v) is 1.96. The second kappa shape index (κ2) is 3.58. The monoisotopic (exact) mass is 191 g/mol. The molecule has 1 aromatic heterocycles. The summed E-state index contributed by atoms with van der Waals surface area (Å²) in [4.78, 5) is 6.35. The molecule has 1 saturated heterocycles. The Bertz CT molecular complexity index is 299. The van der Waals surface area contributed by atoms with Crippen LogP contribution >= 0.6 is 0 Å². The fourth-order valence-electron chi connectivity index (χ4n) is 1.96. The van der Waals surface area contributed by atoms with E-state index >= 15 is 0 Å². The maximum atomic E-state index is 6.23. The van der Waals surface area contributed by atoms with Gasteiger partial charge in [0.25, 0.3) is 0 Å². The zero-order chi connectivity index (χ0) is 10.0. The number of pyridine rings is 1. The Morgan fingerprint density at radius 2 is 2.21 bits per heavy atom. The summed E-state index contributed by atoms with van der Waals surface area (Å²) in [6.45, 7) is 4.19. The maximum Gasteiger partial charge on any atom is 0.0397 e. The minimum atomic E-state index is 0.0171. The smallest absolute Gasteiger partial charge is 0.0397 e. The highest BCUT2D eigenvalue weighted by Crippen LogP contribution is 2.26. The number of hydrogen-bond acceptors (Lipinski definition) is 3. The molecule has 0 spiro atoms. The molecule has 2 N–H and O–H groups in total. The van der Waals surface area contributed by atoms with Crippen LogP contribution in [0.2, 0.25) is 0 Å². The highest BCUT2D eigenvalue weighted by molar-refractivity contribution is 5.46. The molecule has 1 aliphatic heterocycles. The first kappa shape index (κ1) is 9.46. The Kier molecular flexibility index (Phi) is 2.42. The Labute approximate surface area is 84.9 Å². The minimum absolute atomic E-state index is 0.0171. The zero-order valence-corrected chi connectivity index (χ0v) is 8.61. The van der Waals surface area contributed by atoms with Crippen LogP contribution in [-0.2, 0) is 0 Å². The largest absolute Gasteiger partial charge is 0.370 e. The molecule has 1 fully saturated rings. The number of anilines is 1. The van der Waals surface area contributed by atoms with Crippen molar-refractivity contribution in [2.75, 3.05) is 18.0 Å². The van der Waals surface area contributed by atoms with E-state index in [2.05, 4.69) is 16.8 Å². The van der Waals surface area contributed by atoms with Crippen LogP contribution in [0.3, 0.4) is 0 Å². The van der Waals surface area contributed by atoms with Crippen LogP contribution in [0.15, 0.2) is 24.5 Å². The first-order valence-corrected chi connectivity index (χ1v) is 5.17. The van der Waals surface area contributed by atoms with Gasteiger partial charge in [0.05, 0.1) is 0 Å². The van der Waals surface area contributed by atoms with Gasteiger partial charge in [-0.05, 0) is 25.0 Å². The van der Waals surface area contributed by atoms with Gasteiger partial charge in [0.2, 0.25) is 0 Å². The van der Waals surface area contributed by atoms with Gasteiger partial charge in [0.15, 0.2) is 0 Å². The third-order valence-corrected chi connectivity index (χ3v) is 3.12. The summed E-state index contributed by atoms with van der Waals surface area (Å²) in [6, 6.07) is 4.09. The van der Waals surface area contributed by atoms with Crippen molar-refractivity contribution in [1.29, 1.82) is 0 Å². The predicted octanol–water partition coefficient (Wildman–Crippen LogP) is 1.40. The first-order valence-electron chi connectivity index (χ1n) is 5.17. The van der Waals surface area contributed by atoms with Crippen LogP contribution in [0.25, 0.3) is 0 Å². The van der Waals surface area contributed by atoms with Crippen LogP contribution in [0.1, 0.15) is 19.8 Å². The van der Waals surface area contributed by atoms with Crippen molar-refractivity contribution in [2.45, 2.75) is 25.3 Å². The third kappa shape index (κ3) is 1.73. The average Bonchev–Trinajstić information content (AvgIpc) is 2.63. The van der Waals surface area contributed by atoms with Crippen LogP contribution in [0.4, 0.5) is 5.69 Å². The van der Waals surface area contributed by atoms with Crippen LogP contribution in [-0.4, -0.2) is 23.6 Å². The van der Waals surface area contributed by atoms with Crippen molar-refractivity contribution in [3.05, 3.63) is 24.5 Å². The number of aromatic nitrogens is 1.